The topological polar surface area (TPSA) is 12.5 Å². The zero-order valence-electron chi connectivity index (χ0n) is 14.5. The quantitative estimate of drug-likeness (QED) is 0.698. The van der Waals surface area contributed by atoms with Gasteiger partial charge in [0.15, 0.2) is 0 Å². The van der Waals surface area contributed by atoms with E-state index in [4.69, 9.17) is 4.74 Å². The van der Waals surface area contributed by atoms with Crippen molar-refractivity contribution in [2.75, 3.05) is 26.2 Å². The lowest BCUT2D eigenvalue weighted by atomic mass is 9.92. The summed E-state index contributed by atoms with van der Waals surface area (Å²) in [6, 6.07) is 14.7. The van der Waals surface area contributed by atoms with Crippen LogP contribution in [0.3, 0.4) is 0 Å². The van der Waals surface area contributed by atoms with E-state index in [2.05, 4.69) is 61.2 Å². The van der Waals surface area contributed by atoms with Crippen LogP contribution in [0.2, 0.25) is 0 Å². The first-order valence-corrected chi connectivity index (χ1v) is 9.05. The number of likely N-dealkylation sites (tertiary alicyclic amines) is 1. The largest absolute Gasteiger partial charge is 0.493 e. The van der Waals surface area contributed by atoms with E-state index in [-0.39, 0.29) is 0 Å². The van der Waals surface area contributed by atoms with Gasteiger partial charge in [0.05, 0.1) is 6.61 Å². The molecular formula is C21H29NO. The molecule has 0 aliphatic carbocycles. The van der Waals surface area contributed by atoms with Gasteiger partial charge in [-0.1, -0.05) is 50.2 Å². The summed E-state index contributed by atoms with van der Waals surface area (Å²) >= 11 is 0. The van der Waals surface area contributed by atoms with Crippen molar-refractivity contribution in [3.63, 3.8) is 0 Å². The number of hydrogen-bond donors (Lipinski definition) is 0. The first-order valence-electron chi connectivity index (χ1n) is 9.05. The number of piperidine rings is 1. The molecule has 1 saturated heterocycles. The average molecular weight is 311 g/mol. The van der Waals surface area contributed by atoms with Crippen molar-refractivity contribution in [1.82, 2.24) is 4.90 Å². The molecule has 2 aromatic carbocycles. The minimum absolute atomic E-state index is 0.812. The van der Waals surface area contributed by atoms with Crippen LogP contribution in [0.25, 0.3) is 10.8 Å². The summed E-state index contributed by atoms with van der Waals surface area (Å²) in [6.07, 6.45) is 3.74. The maximum absolute atomic E-state index is 6.03. The molecule has 0 radical (unpaired) electrons. The van der Waals surface area contributed by atoms with Crippen molar-refractivity contribution in [1.29, 1.82) is 0 Å². The highest BCUT2D eigenvalue weighted by Crippen LogP contribution is 2.25. The van der Waals surface area contributed by atoms with Crippen molar-refractivity contribution in [3.8, 4) is 5.75 Å². The predicted molar refractivity (Wildman–Crippen MR) is 98.1 cm³/mol. The summed E-state index contributed by atoms with van der Waals surface area (Å²) in [5.74, 6) is 2.72. The van der Waals surface area contributed by atoms with Crippen molar-refractivity contribution < 1.29 is 4.74 Å². The van der Waals surface area contributed by atoms with Crippen molar-refractivity contribution in [2.24, 2.45) is 11.8 Å². The number of benzene rings is 2. The molecule has 1 aliphatic heterocycles. The van der Waals surface area contributed by atoms with E-state index in [0.29, 0.717) is 0 Å². The molecule has 0 bridgehead atoms. The zero-order chi connectivity index (χ0) is 16.1. The van der Waals surface area contributed by atoms with Crippen LogP contribution in [-0.4, -0.2) is 31.1 Å². The van der Waals surface area contributed by atoms with E-state index in [1.807, 2.05) is 0 Å². The second-order valence-electron chi connectivity index (χ2n) is 7.24. The molecule has 2 nitrogen and oxygen atoms in total. The molecule has 0 amide bonds. The minimum atomic E-state index is 0.812. The van der Waals surface area contributed by atoms with Gasteiger partial charge in [-0.15, -0.1) is 0 Å². The Labute approximate surface area is 140 Å². The normalized spacial score (nSPS) is 22.3. The Morgan fingerprint density at radius 3 is 2.52 bits per heavy atom. The third kappa shape index (κ3) is 4.48. The molecule has 0 spiro atoms. The van der Waals surface area contributed by atoms with Gasteiger partial charge in [-0.25, -0.2) is 0 Å². The molecule has 0 aromatic heterocycles. The molecule has 2 heteroatoms. The van der Waals surface area contributed by atoms with Crippen LogP contribution < -0.4 is 4.74 Å². The van der Waals surface area contributed by atoms with Gasteiger partial charge in [0.1, 0.15) is 5.75 Å². The molecule has 2 atom stereocenters. The highest BCUT2D eigenvalue weighted by atomic mass is 16.5. The molecule has 1 fully saturated rings. The van der Waals surface area contributed by atoms with E-state index >= 15 is 0 Å². The Morgan fingerprint density at radius 1 is 0.957 bits per heavy atom. The van der Waals surface area contributed by atoms with Gasteiger partial charge in [0.2, 0.25) is 0 Å². The summed E-state index contributed by atoms with van der Waals surface area (Å²) in [5.41, 5.74) is 0. The molecule has 1 aliphatic rings. The van der Waals surface area contributed by atoms with Crippen LogP contribution in [0.15, 0.2) is 42.5 Å². The fourth-order valence-electron chi connectivity index (χ4n) is 3.92. The maximum atomic E-state index is 6.03. The van der Waals surface area contributed by atoms with Gasteiger partial charge >= 0.3 is 0 Å². The molecule has 23 heavy (non-hydrogen) atoms. The SMILES string of the molecule is CC1CC(C)CN(CCCCOc2cccc3ccccc23)C1. The van der Waals surface area contributed by atoms with Gasteiger partial charge in [-0.3, -0.25) is 0 Å². The molecular weight excluding hydrogens is 282 g/mol. The Morgan fingerprint density at radius 2 is 1.70 bits per heavy atom. The first kappa shape index (κ1) is 16.3. The smallest absolute Gasteiger partial charge is 0.127 e. The first-order chi connectivity index (χ1) is 11.2. The number of hydrogen-bond acceptors (Lipinski definition) is 2. The predicted octanol–water partition coefficient (Wildman–Crippen LogP) is 4.98. The Bertz CT molecular complexity index is 609. The molecule has 0 saturated carbocycles. The summed E-state index contributed by atoms with van der Waals surface area (Å²) in [5, 5.41) is 2.47. The molecule has 0 N–H and O–H groups in total. The van der Waals surface area contributed by atoms with Crippen molar-refractivity contribution in [2.45, 2.75) is 33.1 Å². The summed E-state index contributed by atoms with van der Waals surface area (Å²) in [7, 11) is 0. The van der Waals surface area contributed by atoms with Gasteiger partial charge in [0, 0.05) is 18.5 Å². The fourth-order valence-corrected chi connectivity index (χ4v) is 3.92. The Kier molecular flexibility index (Phi) is 5.56. The molecule has 2 unspecified atom stereocenters. The highest BCUT2D eigenvalue weighted by molar-refractivity contribution is 5.88. The fraction of sp³-hybridized carbons (Fsp3) is 0.524. The highest BCUT2D eigenvalue weighted by Gasteiger charge is 2.20. The van der Waals surface area contributed by atoms with Crippen molar-refractivity contribution in [3.05, 3.63) is 42.5 Å². The molecule has 124 valence electrons. The van der Waals surface area contributed by atoms with Crippen LogP contribution in [0.5, 0.6) is 5.75 Å². The van der Waals surface area contributed by atoms with E-state index in [1.165, 1.54) is 43.2 Å². The van der Waals surface area contributed by atoms with Gasteiger partial charge in [-0.2, -0.15) is 0 Å². The second kappa shape index (κ2) is 7.83. The number of unbranched alkanes of at least 4 members (excludes halogenated alkanes) is 1. The number of ether oxygens (including phenoxy) is 1. The van der Waals surface area contributed by atoms with Crippen molar-refractivity contribution >= 4 is 10.8 Å². The summed E-state index contributed by atoms with van der Waals surface area (Å²) in [6.45, 7) is 9.34. The van der Waals surface area contributed by atoms with Gasteiger partial charge in [-0.05, 0) is 49.1 Å². The molecule has 3 rings (SSSR count). The Balaban J connectivity index is 1.43. The number of rotatable bonds is 6. The van der Waals surface area contributed by atoms with E-state index < -0.39 is 0 Å². The van der Waals surface area contributed by atoms with Crippen LogP contribution in [0.1, 0.15) is 33.1 Å². The molecule has 1 heterocycles. The third-order valence-electron chi connectivity index (χ3n) is 4.82. The maximum Gasteiger partial charge on any atom is 0.127 e. The van der Waals surface area contributed by atoms with E-state index in [0.717, 1.165) is 30.6 Å². The van der Waals surface area contributed by atoms with Gasteiger partial charge in [0.25, 0.3) is 0 Å². The number of fused-ring (bicyclic) bond motifs is 1. The summed E-state index contributed by atoms with van der Waals surface area (Å²) < 4.78 is 6.03. The van der Waals surface area contributed by atoms with E-state index in [1.54, 1.807) is 0 Å². The van der Waals surface area contributed by atoms with Crippen LogP contribution >= 0.6 is 0 Å². The summed E-state index contributed by atoms with van der Waals surface area (Å²) in [4.78, 5) is 2.64. The lowest BCUT2D eigenvalue weighted by Gasteiger charge is -2.34. The third-order valence-corrected chi connectivity index (χ3v) is 4.82. The van der Waals surface area contributed by atoms with E-state index in [9.17, 15) is 0 Å². The molecule has 2 aromatic rings. The van der Waals surface area contributed by atoms with Crippen LogP contribution in [0, 0.1) is 11.8 Å². The monoisotopic (exact) mass is 311 g/mol. The zero-order valence-corrected chi connectivity index (χ0v) is 14.5. The van der Waals surface area contributed by atoms with Crippen LogP contribution in [0.4, 0.5) is 0 Å². The van der Waals surface area contributed by atoms with Crippen LogP contribution in [-0.2, 0) is 0 Å². The Hall–Kier alpha value is -1.54. The second-order valence-corrected chi connectivity index (χ2v) is 7.24. The standard InChI is InChI=1S/C21H29NO/c1-17-14-18(2)16-22(15-17)12-5-6-13-23-21-11-7-9-19-8-3-4-10-20(19)21/h3-4,7-11,17-18H,5-6,12-16H2,1-2H3. The van der Waals surface area contributed by atoms with Gasteiger partial charge < -0.3 is 9.64 Å². The average Bonchev–Trinajstić information content (AvgIpc) is 2.54. The number of nitrogens with zero attached hydrogens (tertiary/aromatic N) is 1. The lowest BCUT2D eigenvalue weighted by Crippen LogP contribution is -2.39. The lowest BCUT2D eigenvalue weighted by molar-refractivity contribution is 0.137. The minimum Gasteiger partial charge on any atom is -0.493 e.